The van der Waals surface area contributed by atoms with Gasteiger partial charge in [0.25, 0.3) is 5.95 Å². The van der Waals surface area contributed by atoms with Gasteiger partial charge in [-0.15, -0.1) is 0 Å². The topological polar surface area (TPSA) is 43.4 Å². The van der Waals surface area contributed by atoms with Crippen molar-refractivity contribution in [2.45, 2.75) is 33.2 Å². The number of ether oxygens (including phenoxy) is 2. The summed E-state index contributed by atoms with van der Waals surface area (Å²) in [5, 5.41) is 3.35. The van der Waals surface area contributed by atoms with Crippen LogP contribution in [-0.4, -0.2) is 37.9 Å². The second kappa shape index (κ2) is 8.87. The molecule has 0 aromatic carbocycles. The SMILES string of the molecule is CC.COCC1CNC(COc2c(C)ccnc2F)C1. The monoisotopic (exact) mass is 284 g/mol. The standard InChI is InChI=1S/C13H19FN2O2.C2H6/c1-9-3-4-15-13(14)12(9)18-8-11-5-10(6-16-11)7-17-2;1-2/h3-4,10-11,16H,5-8H2,1-2H3;1-2H3. The molecule has 4 nitrogen and oxygen atoms in total. The van der Waals surface area contributed by atoms with E-state index in [2.05, 4.69) is 10.3 Å². The second-order valence-corrected chi connectivity index (χ2v) is 4.72. The average molecular weight is 284 g/mol. The molecule has 1 aromatic rings. The van der Waals surface area contributed by atoms with Crippen LogP contribution in [0.1, 0.15) is 25.8 Å². The summed E-state index contributed by atoms with van der Waals surface area (Å²) in [4.78, 5) is 3.60. The summed E-state index contributed by atoms with van der Waals surface area (Å²) >= 11 is 0. The van der Waals surface area contributed by atoms with Crippen molar-refractivity contribution in [2.24, 2.45) is 5.92 Å². The molecule has 1 fully saturated rings. The van der Waals surface area contributed by atoms with E-state index in [0.717, 1.165) is 25.1 Å². The summed E-state index contributed by atoms with van der Waals surface area (Å²) in [6.45, 7) is 7.96. The zero-order chi connectivity index (χ0) is 15.0. The van der Waals surface area contributed by atoms with Gasteiger partial charge in [-0.05, 0) is 30.9 Å². The number of pyridine rings is 1. The number of aromatic nitrogens is 1. The van der Waals surface area contributed by atoms with Crippen LogP contribution in [0.5, 0.6) is 5.75 Å². The molecule has 114 valence electrons. The van der Waals surface area contributed by atoms with Crippen molar-refractivity contribution in [3.8, 4) is 5.75 Å². The Bertz CT molecular complexity index is 381. The molecule has 1 aromatic heterocycles. The summed E-state index contributed by atoms with van der Waals surface area (Å²) in [7, 11) is 1.71. The summed E-state index contributed by atoms with van der Waals surface area (Å²) in [6, 6.07) is 2.00. The van der Waals surface area contributed by atoms with E-state index in [9.17, 15) is 4.39 Å². The van der Waals surface area contributed by atoms with Crippen molar-refractivity contribution in [2.75, 3.05) is 26.9 Å². The Morgan fingerprint density at radius 1 is 1.40 bits per heavy atom. The third kappa shape index (κ3) is 4.72. The number of halogens is 1. The highest BCUT2D eigenvalue weighted by Crippen LogP contribution is 2.21. The zero-order valence-corrected chi connectivity index (χ0v) is 12.8. The molecule has 0 radical (unpaired) electrons. The molecule has 1 aliphatic heterocycles. The Hall–Kier alpha value is -1.20. The molecule has 2 atom stereocenters. The van der Waals surface area contributed by atoms with Crippen LogP contribution in [-0.2, 0) is 4.74 Å². The molecule has 2 rings (SSSR count). The first-order chi connectivity index (χ1) is 9.70. The van der Waals surface area contributed by atoms with Crippen molar-refractivity contribution >= 4 is 0 Å². The number of nitrogens with one attached hydrogen (secondary N) is 1. The molecule has 0 amide bonds. The molecule has 0 spiro atoms. The van der Waals surface area contributed by atoms with Crippen LogP contribution in [0.4, 0.5) is 4.39 Å². The predicted molar refractivity (Wildman–Crippen MR) is 77.5 cm³/mol. The van der Waals surface area contributed by atoms with Gasteiger partial charge in [0.15, 0.2) is 5.75 Å². The van der Waals surface area contributed by atoms with Gasteiger partial charge < -0.3 is 14.8 Å². The van der Waals surface area contributed by atoms with Crippen LogP contribution < -0.4 is 10.1 Å². The molecule has 5 heteroatoms. The van der Waals surface area contributed by atoms with E-state index in [1.807, 2.05) is 20.8 Å². The van der Waals surface area contributed by atoms with Gasteiger partial charge in [0.05, 0.1) is 6.61 Å². The van der Waals surface area contributed by atoms with Crippen molar-refractivity contribution in [1.29, 1.82) is 0 Å². The molecule has 0 aliphatic carbocycles. The maximum absolute atomic E-state index is 13.4. The van der Waals surface area contributed by atoms with Gasteiger partial charge in [-0.3, -0.25) is 0 Å². The number of rotatable bonds is 5. The number of aryl methyl sites for hydroxylation is 1. The lowest BCUT2D eigenvalue weighted by Gasteiger charge is -2.14. The van der Waals surface area contributed by atoms with E-state index in [1.54, 1.807) is 13.2 Å². The molecular formula is C15H25FN2O2. The van der Waals surface area contributed by atoms with E-state index in [-0.39, 0.29) is 11.8 Å². The molecule has 20 heavy (non-hydrogen) atoms. The third-order valence-corrected chi connectivity index (χ3v) is 3.20. The third-order valence-electron chi connectivity index (χ3n) is 3.20. The Morgan fingerprint density at radius 2 is 2.15 bits per heavy atom. The minimum absolute atomic E-state index is 0.254. The lowest BCUT2D eigenvalue weighted by Crippen LogP contribution is -2.28. The molecular weight excluding hydrogens is 259 g/mol. The van der Waals surface area contributed by atoms with Crippen molar-refractivity contribution in [3.05, 3.63) is 23.8 Å². The fourth-order valence-corrected chi connectivity index (χ4v) is 2.26. The largest absolute Gasteiger partial charge is 0.487 e. The van der Waals surface area contributed by atoms with Crippen LogP contribution in [0.3, 0.4) is 0 Å². The maximum atomic E-state index is 13.4. The Kier molecular flexibility index (Phi) is 7.47. The van der Waals surface area contributed by atoms with Gasteiger partial charge in [0.1, 0.15) is 6.61 Å². The van der Waals surface area contributed by atoms with E-state index < -0.39 is 5.95 Å². The Balaban J connectivity index is 0.000000956. The molecule has 0 saturated carbocycles. The number of nitrogens with zero attached hydrogens (tertiary/aromatic N) is 1. The number of hydrogen-bond acceptors (Lipinski definition) is 4. The zero-order valence-electron chi connectivity index (χ0n) is 12.8. The van der Waals surface area contributed by atoms with Crippen molar-refractivity contribution < 1.29 is 13.9 Å². The molecule has 2 heterocycles. The summed E-state index contributed by atoms with van der Waals surface area (Å²) in [5.74, 6) is 0.236. The second-order valence-electron chi connectivity index (χ2n) is 4.72. The Morgan fingerprint density at radius 3 is 2.80 bits per heavy atom. The van der Waals surface area contributed by atoms with Crippen LogP contribution >= 0.6 is 0 Å². The van der Waals surface area contributed by atoms with Gasteiger partial charge in [0, 0.05) is 25.9 Å². The van der Waals surface area contributed by atoms with Crippen LogP contribution in [0.2, 0.25) is 0 Å². The lowest BCUT2D eigenvalue weighted by atomic mass is 10.1. The quantitative estimate of drug-likeness (QED) is 0.844. The summed E-state index contributed by atoms with van der Waals surface area (Å²) in [5.41, 5.74) is 0.772. The fraction of sp³-hybridized carbons (Fsp3) is 0.667. The van der Waals surface area contributed by atoms with Crippen molar-refractivity contribution in [3.63, 3.8) is 0 Å². The molecule has 2 unspecified atom stereocenters. The first-order valence-electron chi connectivity index (χ1n) is 7.17. The molecule has 1 saturated heterocycles. The van der Waals surface area contributed by atoms with E-state index >= 15 is 0 Å². The van der Waals surface area contributed by atoms with E-state index in [1.165, 1.54) is 6.20 Å². The smallest absolute Gasteiger partial charge is 0.255 e. The van der Waals surface area contributed by atoms with Gasteiger partial charge in [-0.2, -0.15) is 4.39 Å². The lowest BCUT2D eigenvalue weighted by molar-refractivity contribution is 0.157. The highest BCUT2D eigenvalue weighted by atomic mass is 19.1. The summed E-state index contributed by atoms with van der Waals surface area (Å²) in [6.07, 6.45) is 2.44. The molecule has 0 bridgehead atoms. The van der Waals surface area contributed by atoms with E-state index in [0.29, 0.717) is 12.5 Å². The highest BCUT2D eigenvalue weighted by molar-refractivity contribution is 5.29. The van der Waals surface area contributed by atoms with Crippen LogP contribution in [0, 0.1) is 18.8 Å². The first kappa shape index (κ1) is 16.9. The number of hydrogen-bond donors (Lipinski definition) is 1. The number of methoxy groups -OCH3 is 1. The van der Waals surface area contributed by atoms with Gasteiger partial charge >= 0.3 is 0 Å². The maximum Gasteiger partial charge on any atom is 0.255 e. The minimum atomic E-state index is -0.540. The van der Waals surface area contributed by atoms with Gasteiger partial charge in [-0.1, -0.05) is 13.8 Å². The van der Waals surface area contributed by atoms with Gasteiger partial charge in [0.2, 0.25) is 0 Å². The Labute approximate surface area is 120 Å². The summed E-state index contributed by atoms with van der Waals surface area (Å²) < 4.78 is 24.1. The fourth-order valence-electron chi connectivity index (χ4n) is 2.26. The molecule has 1 N–H and O–H groups in total. The van der Waals surface area contributed by atoms with Crippen LogP contribution in [0.25, 0.3) is 0 Å². The average Bonchev–Trinajstić information content (AvgIpc) is 2.89. The minimum Gasteiger partial charge on any atom is -0.487 e. The normalized spacial score (nSPS) is 21.2. The highest BCUT2D eigenvalue weighted by Gasteiger charge is 2.24. The van der Waals surface area contributed by atoms with Gasteiger partial charge in [-0.25, -0.2) is 4.98 Å². The first-order valence-corrected chi connectivity index (χ1v) is 7.17. The molecule has 1 aliphatic rings. The van der Waals surface area contributed by atoms with E-state index in [4.69, 9.17) is 9.47 Å². The van der Waals surface area contributed by atoms with Crippen LogP contribution in [0.15, 0.2) is 12.3 Å². The predicted octanol–water partition coefficient (Wildman–Crippen LogP) is 2.56. The van der Waals surface area contributed by atoms with Crippen molar-refractivity contribution in [1.82, 2.24) is 10.3 Å².